The zero-order chi connectivity index (χ0) is 19.7. The fourth-order valence-electron chi connectivity index (χ4n) is 2.48. The molecule has 1 fully saturated rings. The number of hydrogen-bond acceptors (Lipinski definition) is 6. The van der Waals surface area contributed by atoms with Gasteiger partial charge in [0.15, 0.2) is 0 Å². The van der Waals surface area contributed by atoms with E-state index in [0.29, 0.717) is 31.2 Å². The van der Waals surface area contributed by atoms with Crippen molar-refractivity contribution in [2.75, 3.05) is 26.3 Å². The summed E-state index contributed by atoms with van der Waals surface area (Å²) in [7, 11) is -7.56. The van der Waals surface area contributed by atoms with Gasteiger partial charge in [-0.1, -0.05) is 29.3 Å². The van der Waals surface area contributed by atoms with E-state index < -0.39 is 20.0 Å². The van der Waals surface area contributed by atoms with Crippen LogP contribution in [0.15, 0.2) is 39.4 Å². The van der Waals surface area contributed by atoms with Gasteiger partial charge in [-0.25, -0.2) is 21.6 Å². The van der Waals surface area contributed by atoms with Crippen LogP contribution in [0.25, 0.3) is 0 Å². The molecule has 1 N–H and O–H groups in total. The van der Waals surface area contributed by atoms with E-state index >= 15 is 0 Å². The maximum Gasteiger partial charge on any atom is 0.252 e. The van der Waals surface area contributed by atoms with Crippen molar-refractivity contribution in [1.29, 1.82) is 0 Å². The molecule has 0 radical (unpaired) electrons. The van der Waals surface area contributed by atoms with Crippen molar-refractivity contribution in [3.05, 3.63) is 45.3 Å². The van der Waals surface area contributed by atoms with Crippen LogP contribution in [0.4, 0.5) is 0 Å². The Morgan fingerprint density at radius 1 is 1.04 bits per heavy atom. The van der Waals surface area contributed by atoms with Crippen LogP contribution < -0.4 is 4.72 Å². The van der Waals surface area contributed by atoms with Gasteiger partial charge in [-0.15, -0.1) is 11.3 Å². The molecule has 0 unspecified atom stereocenters. The van der Waals surface area contributed by atoms with Crippen LogP contribution in [0, 0.1) is 0 Å². The minimum atomic E-state index is -3.95. The highest BCUT2D eigenvalue weighted by Crippen LogP contribution is 2.30. The molecule has 0 amide bonds. The van der Waals surface area contributed by atoms with Crippen LogP contribution in [-0.4, -0.2) is 47.4 Å². The third kappa shape index (κ3) is 4.65. The van der Waals surface area contributed by atoms with Crippen molar-refractivity contribution in [1.82, 2.24) is 9.03 Å². The maximum absolute atomic E-state index is 12.6. The van der Waals surface area contributed by atoms with Crippen molar-refractivity contribution < 1.29 is 21.6 Å². The number of nitrogens with zero attached hydrogens (tertiary/aromatic N) is 1. The molecule has 1 aliphatic rings. The van der Waals surface area contributed by atoms with Gasteiger partial charge in [0.05, 0.1) is 23.3 Å². The second-order valence-corrected chi connectivity index (χ2v) is 11.5. The number of thiophene rings is 1. The lowest BCUT2D eigenvalue weighted by atomic mass is 10.4. The first-order valence-electron chi connectivity index (χ1n) is 7.82. The number of nitrogens with one attached hydrogen (secondary N) is 1. The first-order valence-corrected chi connectivity index (χ1v) is 12.3. The Balaban J connectivity index is 1.75. The first-order chi connectivity index (χ1) is 12.7. The van der Waals surface area contributed by atoms with Gasteiger partial charge >= 0.3 is 0 Å². The summed E-state index contributed by atoms with van der Waals surface area (Å²) in [5.74, 6) is 0. The quantitative estimate of drug-likeness (QED) is 0.699. The van der Waals surface area contributed by atoms with E-state index in [-0.39, 0.29) is 25.7 Å². The smallest absolute Gasteiger partial charge is 0.252 e. The van der Waals surface area contributed by atoms with Gasteiger partial charge in [-0.05, 0) is 24.3 Å². The molecular weight excluding hydrogens is 455 g/mol. The highest BCUT2D eigenvalue weighted by molar-refractivity contribution is 7.91. The fraction of sp³-hybridized carbons (Fsp3) is 0.333. The van der Waals surface area contributed by atoms with Crippen molar-refractivity contribution in [2.24, 2.45) is 0 Å². The molecule has 2 heterocycles. The topological polar surface area (TPSA) is 92.8 Å². The molecule has 0 saturated carbocycles. The van der Waals surface area contributed by atoms with Crippen molar-refractivity contribution in [2.45, 2.75) is 15.6 Å². The highest BCUT2D eigenvalue weighted by atomic mass is 35.5. The number of sulfonamides is 2. The molecule has 1 aliphatic heterocycles. The fourth-order valence-corrected chi connectivity index (χ4v) is 7.58. The molecular formula is C15H16Cl2N2O5S3. The minimum absolute atomic E-state index is 0.0109. The summed E-state index contributed by atoms with van der Waals surface area (Å²) in [5.41, 5.74) is 0. The number of hydrogen-bond donors (Lipinski definition) is 1. The normalized spacial score (nSPS) is 16.5. The van der Waals surface area contributed by atoms with Crippen LogP contribution in [0.3, 0.4) is 0 Å². The lowest BCUT2D eigenvalue weighted by molar-refractivity contribution is 0.0731. The van der Waals surface area contributed by atoms with Gasteiger partial charge in [0.1, 0.15) is 9.10 Å². The van der Waals surface area contributed by atoms with E-state index in [1.807, 2.05) is 0 Å². The molecule has 0 atom stereocenters. The molecule has 2 aromatic rings. The van der Waals surface area contributed by atoms with Gasteiger partial charge < -0.3 is 4.74 Å². The van der Waals surface area contributed by atoms with Gasteiger partial charge in [-0.2, -0.15) is 4.31 Å². The Bertz CT molecular complexity index is 1010. The second-order valence-electron chi connectivity index (χ2n) is 5.61. The molecule has 12 heteroatoms. The van der Waals surface area contributed by atoms with E-state index in [0.717, 1.165) is 11.3 Å². The molecule has 1 saturated heterocycles. The Morgan fingerprint density at radius 3 is 2.30 bits per heavy atom. The third-order valence-electron chi connectivity index (χ3n) is 3.83. The highest BCUT2D eigenvalue weighted by Gasteiger charge is 2.28. The summed E-state index contributed by atoms with van der Waals surface area (Å²) >= 11 is 12.9. The van der Waals surface area contributed by atoms with Crippen molar-refractivity contribution in [3.8, 4) is 0 Å². The number of ether oxygens (including phenoxy) is 1. The number of halogens is 2. The summed E-state index contributed by atoms with van der Waals surface area (Å²) in [6.07, 6.45) is 0. The van der Waals surface area contributed by atoms with E-state index in [9.17, 15) is 16.8 Å². The minimum Gasteiger partial charge on any atom is -0.379 e. The molecule has 1 aromatic heterocycles. The standard InChI is InChI=1S/C15H16Cl2N2O5S3/c16-12-2-1-3-13(17)15(12)26(20,21)18-10-11-4-5-14(25-11)27(22,23)19-6-8-24-9-7-19/h1-5,18H,6-10H2. The number of morpholine rings is 1. The Morgan fingerprint density at radius 2 is 1.67 bits per heavy atom. The van der Waals surface area contributed by atoms with Crippen LogP contribution in [-0.2, 0) is 31.3 Å². The zero-order valence-electron chi connectivity index (χ0n) is 13.9. The summed E-state index contributed by atoms with van der Waals surface area (Å²) in [6, 6.07) is 7.46. The number of rotatable bonds is 6. The SMILES string of the molecule is O=S(=O)(NCc1ccc(S(=O)(=O)N2CCOCC2)s1)c1c(Cl)cccc1Cl. The van der Waals surface area contributed by atoms with Crippen LogP contribution in [0.5, 0.6) is 0 Å². The van der Waals surface area contributed by atoms with E-state index in [1.165, 1.54) is 22.5 Å². The molecule has 3 rings (SSSR count). The Kier molecular flexibility index (Phi) is 6.48. The van der Waals surface area contributed by atoms with Crippen molar-refractivity contribution in [3.63, 3.8) is 0 Å². The van der Waals surface area contributed by atoms with E-state index in [4.69, 9.17) is 27.9 Å². The lowest BCUT2D eigenvalue weighted by Crippen LogP contribution is -2.40. The molecule has 7 nitrogen and oxygen atoms in total. The second kappa shape index (κ2) is 8.34. The molecule has 0 spiro atoms. The summed E-state index contributed by atoms with van der Waals surface area (Å²) in [6.45, 7) is 1.24. The van der Waals surface area contributed by atoms with Crippen LogP contribution >= 0.6 is 34.5 Å². The molecule has 148 valence electrons. The largest absolute Gasteiger partial charge is 0.379 e. The van der Waals surface area contributed by atoms with E-state index in [1.54, 1.807) is 12.1 Å². The maximum atomic E-state index is 12.6. The average Bonchev–Trinajstić information content (AvgIpc) is 3.10. The molecule has 0 aliphatic carbocycles. The monoisotopic (exact) mass is 470 g/mol. The van der Waals surface area contributed by atoms with E-state index in [2.05, 4.69) is 4.72 Å². The zero-order valence-corrected chi connectivity index (χ0v) is 17.9. The summed E-state index contributed by atoms with van der Waals surface area (Å²) in [5, 5.41) is 0.0218. The Hall–Kier alpha value is -0.720. The average molecular weight is 471 g/mol. The van der Waals surface area contributed by atoms with Gasteiger partial charge in [0.2, 0.25) is 10.0 Å². The predicted octanol–water partition coefficient (Wildman–Crippen LogP) is 2.55. The predicted molar refractivity (Wildman–Crippen MR) is 104 cm³/mol. The van der Waals surface area contributed by atoms with Crippen LogP contribution in [0.2, 0.25) is 10.0 Å². The Labute approximate surface area is 171 Å². The molecule has 27 heavy (non-hydrogen) atoms. The molecule has 0 bridgehead atoms. The summed E-state index contributed by atoms with van der Waals surface area (Å²) in [4.78, 5) is 0.347. The van der Waals surface area contributed by atoms with Gasteiger partial charge in [0, 0.05) is 24.5 Å². The third-order valence-corrected chi connectivity index (χ3v) is 9.63. The van der Waals surface area contributed by atoms with Gasteiger partial charge in [-0.3, -0.25) is 0 Å². The van der Waals surface area contributed by atoms with Crippen LogP contribution in [0.1, 0.15) is 4.88 Å². The summed E-state index contributed by atoms with van der Waals surface area (Å²) < 4.78 is 59.3. The number of benzene rings is 1. The first kappa shape index (κ1) is 21.0. The van der Waals surface area contributed by atoms with Crippen molar-refractivity contribution >= 4 is 54.6 Å². The van der Waals surface area contributed by atoms with Gasteiger partial charge in [0.25, 0.3) is 10.0 Å². The molecule has 1 aromatic carbocycles. The lowest BCUT2D eigenvalue weighted by Gasteiger charge is -2.25.